The lowest BCUT2D eigenvalue weighted by molar-refractivity contribution is 0.200. The minimum absolute atomic E-state index is 0.0807. The number of urea groups is 1. The Balaban J connectivity index is 1.64. The fourth-order valence-corrected chi connectivity index (χ4v) is 4.46. The molecular formula is C18H20ClN3O3S. The van der Waals surface area contributed by atoms with Crippen molar-refractivity contribution >= 4 is 33.3 Å². The minimum atomic E-state index is -4.00. The van der Waals surface area contributed by atoms with Gasteiger partial charge in [0.2, 0.25) is 0 Å². The summed E-state index contributed by atoms with van der Waals surface area (Å²) in [6.45, 7) is 4.22. The van der Waals surface area contributed by atoms with Crippen molar-refractivity contribution in [3.05, 3.63) is 59.1 Å². The highest BCUT2D eigenvalue weighted by molar-refractivity contribution is 7.90. The van der Waals surface area contributed by atoms with Crippen molar-refractivity contribution in [2.45, 2.75) is 11.8 Å². The molecule has 1 N–H and O–H groups in total. The number of hydrogen-bond donors (Lipinski definition) is 1. The van der Waals surface area contributed by atoms with Gasteiger partial charge < -0.3 is 9.80 Å². The Kier molecular flexibility index (Phi) is 5.38. The van der Waals surface area contributed by atoms with E-state index in [0.717, 1.165) is 5.69 Å². The van der Waals surface area contributed by atoms with Gasteiger partial charge in [-0.2, -0.15) is 0 Å². The van der Waals surface area contributed by atoms with Gasteiger partial charge in [0.15, 0.2) is 0 Å². The Labute approximate surface area is 158 Å². The summed E-state index contributed by atoms with van der Waals surface area (Å²) in [6.07, 6.45) is 0. The van der Waals surface area contributed by atoms with Crippen LogP contribution >= 0.6 is 11.6 Å². The summed E-state index contributed by atoms with van der Waals surface area (Å²) in [6, 6.07) is 13.5. The predicted octanol–water partition coefficient (Wildman–Crippen LogP) is 2.87. The lowest BCUT2D eigenvalue weighted by atomic mass is 10.1. The van der Waals surface area contributed by atoms with Gasteiger partial charge in [0.05, 0.1) is 5.02 Å². The Morgan fingerprint density at radius 1 is 1.00 bits per heavy atom. The van der Waals surface area contributed by atoms with Crippen LogP contribution in [0.25, 0.3) is 0 Å². The van der Waals surface area contributed by atoms with Crippen molar-refractivity contribution in [1.82, 2.24) is 9.62 Å². The molecule has 2 aromatic rings. The molecule has 0 aromatic heterocycles. The molecule has 1 heterocycles. The first kappa shape index (κ1) is 18.5. The molecule has 1 saturated heterocycles. The second kappa shape index (κ2) is 7.55. The molecule has 138 valence electrons. The van der Waals surface area contributed by atoms with Crippen LogP contribution in [0, 0.1) is 6.92 Å². The van der Waals surface area contributed by atoms with Crippen molar-refractivity contribution in [1.29, 1.82) is 0 Å². The molecule has 3 rings (SSSR count). The Morgan fingerprint density at radius 2 is 1.62 bits per heavy atom. The van der Waals surface area contributed by atoms with Crippen LogP contribution in [0.15, 0.2) is 53.4 Å². The summed E-state index contributed by atoms with van der Waals surface area (Å²) in [7, 11) is -4.00. The average Bonchev–Trinajstić information content (AvgIpc) is 2.62. The van der Waals surface area contributed by atoms with E-state index in [9.17, 15) is 13.2 Å². The van der Waals surface area contributed by atoms with E-state index in [1.54, 1.807) is 12.1 Å². The molecular weight excluding hydrogens is 374 g/mol. The maximum absolute atomic E-state index is 12.4. The van der Waals surface area contributed by atoms with E-state index in [2.05, 4.69) is 9.62 Å². The zero-order valence-electron chi connectivity index (χ0n) is 14.4. The fourth-order valence-electron chi connectivity index (χ4n) is 2.97. The maximum atomic E-state index is 12.4. The number of aryl methyl sites for hydroxylation is 1. The van der Waals surface area contributed by atoms with Gasteiger partial charge in [0, 0.05) is 31.9 Å². The number of hydrogen-bond acceptors (Lipinski definition) is 4. The highest BCUT2D eigenvalue weighted by atomic mass is 35.5. The van der Waals surface area contributed by atoms with E-state index in [-0.39, 0.29) is 9.92 Å². The molecule has 0 radical (unpaired) electrons. The molecule has 0 aliphatic carbocycles. The van der Waals surface area contributed by atoms with Crippen LogP contribution in [0.2, 0.25) is 5.02 Å². The number of benzene rings is 2. The number of rotatable bonds is 3. The molecule has 0 atom stereocenters. The van der Waals surface area contributed by atoms with E-state index in [4.69, 9.17) is 11.6 Å². The zero-order chi connectivity index (χ0) is 18.7. The van der Waals surface area contributed by atoms with Gasteiger partial charge in [0.1, 0.15) is 4.90 Å². The summed E-state index contributed by atoms with van der Waals surface area (Å²) in [5, 5.41) is 0.0807. The third-order valence-electron chi connectivity index (χ3n) is 4.37. The van der Waals surface area contributed by atoms with Crippen molar-refractivity contribution < 1.29 is 13.2 Å². The largest absolute Gasteiger partial charge is 0.368 e. The molecule has 2 aromatic carbocycles. The van der Waals surface area contributed by atoms with Crippen LogP contribution in [0.1, 0.15) is 5.56 Å². The number of amides is 2. The molecule has 1 aliphatic heterocycles. The fraction of sp³-hybridized carbons (Fsp3) is 0.278. The molecule has 1 fully saturated rings. The summed E-state index contributed by atoms with van der Waals surface area (Å²) < 4.78 is 26.9. The molecule has 6 nitrogen and oxygen atoms in total. The average molecular weight is 394 g/mol. The SMILES string of the molecule is Cc1ccccc1N1CCN(C(=O)NS(=O)(=O)c2ccccc2Cl)CC1. The quantitative estimate of drug-likeness (QED) is 0.870. The highest BCUT2D eigenvalue weighted by Crippen LogP contribution is 2.22. The summed E-state index contributed by atoms with van der Waals surface area (Å²) in [5.41, 5.74) is 2.31. The van der Waals surface area contributed by atoms with Gasteiger partial charge in [0.25, 0.3) is 10.0 Å². The number of sulfonamides is 1. The van der Waals surface area contributed by atoms with Crippen molar-refractivity contribution in [2.24, 2.45) is 0 Å². The van der Waals surface area contributed by atoms with E-state index >= 15 is 0 Å². The molecule has 0 unspecified atom stereocenters. The lowest BCUT2D eigenvalue weighted by Crippen LogP contribution is -2.52. The van der Waals surface area contributed by atoms with E-state index < -0.39 is 16.1 Å². The number of anilines is 1. The van der Waals surface area contributed by atoms with Crippen molar-refractivity contribution in [2.75, 3.05) is 31.1 Å². The Bertz CT molecular complexity index is 909. The number of para-hydroxylation sites is 1. The Morgan fingerprint density at radius 3 is 2.27 bits per heavy atom. The van der Waals surface area contributed by atoms with Crippen LogP contribution in [0.3, 0.4) is 0 Å². The summed E-state index contributed by atoms with van der Waals surface area (Å²) >= 11 is 5.93. The third kappa shape index (κ3) is 3.94. The number of nitrogens with zero attached hydrogens (tertiary/aromatic N) is 2. The van der Waals surface area contributed by atoms with Gasteiger partial charge in [-0.05, 0) is 30.7 Å². The van der Waals surface area contributed by atoms with Gasteiger partial charge in [-0.25, -0.2) is 17.9 Å². The number of halogens is 1. The Hall–Kier alpha value is -2.25. The van der Waals surface area contributed by atoms with Crippen LogP contribution in [-0.4, -0.2) is 45.5 Å². The summed E-state index contributed by atoms with van der Waals surface area (Å²) in [5.74, 6) is 0. The number of nitrogens with one attached hydrogen (secondary N) is 1. The van der Waals surface area contributed by atoms with Gasteiger partial charge >= 0.3 is 6.03 Å². The van der Waals surface area contributed by atoms with Crippen LogP contribution in [0.5, 0.6) is 0 Å². The topological polar surface area (TPSA) is 69.7 Å². The first-order valence-corrected chi connectivity index (χ1v) is 10.1. The van der Waals surface area contributed by atoms with Gasteiger partial charge in [-0.1, -0.05) is 41.9 Å². The molecule has 8 heteroatoms. The molecule has 1 aliphatic rings. The van der Waals surface area contributed by atoms with E-state index in [1.165, 1.54) is 22.6 Å². The third-order valence-corrected chi connectivity index (χ3v) is 6.19. The maximum Gasteiger partial charge on any atom is 0.331 e. The minimum Gasteiger partial charge on any atom is -0.368 e. The number of carbonyl (C=O) groups excluding carboxylic acids is 1. The first-order valence-electron chi connectivity index (χ1n) is 8.25. The second-order valence-electron chi connectivity index (χ2n) is 6.10. The molecule has 2 amide bonds. The van der Waals surface area contributed by atoms with Crippen LogP contribution in [0.4, 0.5) is 10.5 Å². The van der Waals surface area contributed by atoms with Crippen LogP contribution < -0.4 is 9.62 Å². The van der Waals surface area contributed by atoms with E-state index in [0.29, 0.717) is 26.2 Å². The van der Waals surface area contributed by atoms with Crippen LogP contribution in [-0.2, 0) is 10.0 Å². The van der Waals surface area contributed by atoms with E-state index in [1.807, 2.05) is 31.2 Å². The monoisotopic (exact) mass is 393 g/mol. The highest BCUT2D eigenvalue weighted by Gasteiger charge is 2.26. The smallest absolute Gasteiger partial charge is 0.331 e. The molecule has 26 heavy (non-hydrogen) atoms. The first-order chi connectivity index (χ1) is 12.4. The second-order valence-corrected chi connectivity index (χ2v) is 8.16. The number of carbonyl (C=O) groups is 1. The molecule has 0 spiro atoms. The summed E-state index contributed by atoms with van der Waals surface area (Å²) in [4.78, 5) is 16.0. The van der Waals surface area contributed by atoms with Gasteiger partial charge in [-0.15, -0.1) is 0 Å². The molecule has 0 bridgehead atoms. The predicted molar refractivity (Wildman–Crippen MR) is 102 cm³/mol. The molecule has 0 saturated carbocycles. The standard InChI is InChI=1S/C18H20ClN3O3S/c1-14-6-2-4-8-16(14)21-10-12-22(13-11-21)18(23)20-26(24,25)17-9-5-3-7-15(17)19/h2-9H,10-13H2,1H3,(H,20,23). The zero-order valence-corrected chi connectivity index (χ0v) is 15.9. The van der Waals surface area contributed by atoms with Crippen molar-refractivity contribution in [3.63, 3.8) is 0 Å². The van der Waals surface area contributed by atoms with Crippen molar-refractivity contribution in [3.8, 4) is 0 Å². The normalized spacial score (nSPS) is 15.0. The lowest BCUT2D eigenvalue weighted by Gasteiger charge is -2.36. The van der Waals surface area contributed by atoms with Gasteiger partial charge in [-0.3, -0.25) is 0 Å². The number of piperazine rings is 1.